The maximum atomic E-state index is 12.8. The van der Waals surface area contributed by atoms with Crippen LogP contribution >= 0.6 is 0 Å². The first-order valence-corrected chi connectivity index (χ1v) is 9.60. The summed E-state index contributed by atoms with van der Waals surface area (Å²) in [6, 6.07) is 3.78. The molecule has 1 heterocycles. The number of nitrogens with zero attached hydrogens (tertiary/aromatic N) is 3. The average molecular weight is 421 g/mol. The highest BCUT2D eigenvalue weighted by atomic mass is 32.2. The summed E-state index contributed by atoms with van der Waals surface area (Å²) in [5.41, 5.74) is -1.54. The van der Waals surface area contributed by atoms with Crippen molar-refractivity contribution in [2.45, 2.75) is 13.1 Å². The Morgan fingerprint density at radius 3 is 2.71 bits per heavy atom. The van der Waals surface area contributed by atoms with Crippen molar-refractivity contribution in [2.75, 3.05) is 29.2 Å². The molecule has 0 fully saturated rings. The smallest absolute Gasteiger partial charge is 0.364 e. The molecule has 2 aromatic rings. The maximum absolute atomic E-state index is 12.8. The van der Waals surface area contributed by atoms with Crippen LogP contribution in [0.15, 0.2) is 28.9 Å². The Balaban J connectivity index is 2.08. The van der Waals surface area contributed by atoms with E-state index in [-0.39, 0.29) is 41.1 Å². The highest BCUT2D eigenvalue weighted by Crippen LogP contribution is 2.31. The van der Waals surface area contributed by atoms with Crippen molar-refractivity contribution in [3.63, 3.8) is 0 Å². The van der Waals surface area contributed by atoms with Crippen molar-refractivity contribution in [1.29, 1.82) is 10.2 Å². The number of hydrogen-bond acceptors (Lipinski definition) is 8. The predicted octanol–water partition coefficient (Wildman–Crippen LogP) is 2.29. The Hall–Kier alpha value is -2.71. The molecule has 1 aromatic heterocycles. The SMILES string of the molecule is CCS(=N)(=O)NCCNc1nonc1C(=N)N(O)c1cccc(C(F)(F)F)c1. The van der Waals surface area contributed by atoms with Gasteiger partial charge in [0.2, 0.25) is 5.82 Å². The predicted molar refractivity (Wildman–Crippen MR) is 94.7 cm³/mol. The van der Waals surface area contributed by atoms with Crippen LogP contribution in [0, 0.1) is 10.2 Å². The molecule has 0 amide bonds. The minimum atomic E-state index is -4.61. The molecule has 1 aromatic carbocycles. The van der Waals surface area contributed by atoms with Crippen LogP contribution in [0.5, 0.6) is 0 Å². The second-order valence-corrected chi connectivity index (χ2v) is 7.67. The van der Waals surface area contributed by atoms with Gasteiger partial charge in [-0.25, -0.2) is 23.4 Å². The van der Waals surface area contributed by atoms with E-state index in [0.29, 0.717) is 6.07 Å². The molecular formula is C14H18F3N7O3S. The summed E-state index contributed by atoms with van der Waals surface area (Å²) in [6.45, 7) is 1.87. The maximum Gasteiger partial charge on any atom is 0.416 e. The number of hydrogen-bond donors (Lipinski definition) is 5. The number of hydroxylamine groups is 1. The van der Waals surface area contributed by atoms with E-state index in [0.717, 1.165) is 12.1 Å². The van der Waals surface area contributed by atoms with Gasteiger partial charge in [-0.05, 0) is 28.5 Å². The summed E-state index contributed by atoms with van der Waals surface area (Å²) in [5, 5.41) is 28.0. The minimum absolute atomic E-state index is 0.0502. The fraction of sp³-hybridized carbons (Fsp3) is 0.357. The topological polar surface area (TPSA) is 151 Å². The lowest BCUT2D eigenvalue weighted by molar-refractivity contribution is -0.137. The van der Waals surface area contributed by atoms with Crippen molar-refractivity contribution < 1.29 is 27.2 Å². The van der Waals surface area contributed by atoms with E-state index in [4.69, 9.17) is 10.2 Å². The van der Waals surface area contributed by atoms with Crippen LogP contribution in [0.3, 0.4) is 0 Å². The van der Waals surface area contributed by atoms with Crippen LogP contribution in [0.4, 0.5) is 24.7 Å². The summed E-state index contributed by atoms with van der Waals surface area (Å²) in [4.78, 5) is 0. The third-order valence-corrected chi connectivity index (χ3v) is 4.99. The summed E-state index contributed by atoms with van der Waals surface area (Å²) in [5.74, 6) is -0.593. The molecule has 28 heavy (non-hydrogen) atoms. The van der Waals surface area contributed by atoms with Gasteiger partial charge in [-0.2, -0.15) is 13.2 Å². The van der Waals surface area contributed by atoms with Crippen LogP contribution in [-0.2, 0) is 16.1 Å². The minimum Gasteiger partial charge on any atom is -0.364 e. The summed E-state index contributed by atoms with van der Waals surface area (Å²) >= 11 is 0. The number of alkyl halides is 3. The average Bonchev–Trinajstić information content (AvgIpc) is 3.12. The van der Waals surface area contributed by atoms with Crippen molar-refractivity contribution in [2.24, 2.45) is 0 Å². The lowest BCUT2D eigenvalue weighted by atomic mass is 10.2. The molecular weight excluding hydrogens is 403 g/mol. The lowest BCUT2D eigenvalue weighted by Crippen LogP contribution is -2.31. The van der Waals surface area contributed by atoms with E-state index in [2.05, 4.69) is 25.0 Å². The van der Waals surface area contributed by atoms with Gasteiger partial charge in [0.05, 0.1) is 11.3 Å². The first-order valence-electron chi connectivity index (χ1n) is 7.88. The quantitative estimate of drug-likeness (QED) is 0.190. The molecule has 10 nitrogen and oxygen atoms in total. The summed E-state index contributed by atoms with van der Waals surface area (Å²) in [7, 11) is -2.88. The van der Waals surface area contributed by atoms with E-state index in [1.165, 1.54) is 6.07 Å². The third kappa shape index (κ3) is 5.40. The van der Waals surface area contributed by atoms with Crippen molar-refractivity contribution in [3.05, 3.63) is 35.5 Å². The highest BCUT2D eigenvalue weighted by Gasteiger charge is 2.31. The van der Waals surface area contributed by atoms with Gasteiger partial charge >= 0.3 is 6.18 Å². The Morgan fingerprint density at radius 2 is 2.07 bits per heavy atom. The molecule has 0 saturated heterocycles. The van der Waals surface area contributed by atoms with Crippen LogP contribution in [0.2, 0.25) is 0 Å². The number of rotatable bonds is 8. The van der Waals surface area contributed by atoms with Gasteiger partial charge in [-0.1, -0.05) is 13.0 Å². The van der Waals surface area contributed by atoms with Gasteiger partial charge in [0.1, 0.15) is 9.92 Å². The van der Waals surface area contributed by atoms with E-state index in [1.54, 1.807) is 6.92 Å². The van der Waals surface area contributed by atoms with E-state index >= 15 is 0 Å². The van der Waals surface area contributed by atoms with Gasteiger partial charge in [-0.15, -0.1) is 0 Å². The number of amidine groups is 1. The number of benzene rings is 1. The first-order chi connectivity index (χ1) is 13.0. The Bertz CT molecular complexity index is 930. The zero-order chi connectivity index (χ0) is 20.9. The largest absolute Gasteiger partial charge is 0.416 e. The molecule has 14 heteroatoms. The Morgan fingerprint density at radius 1 is 1.36 bits per heavy atom. The normalized spacial score (nSPS) is 13.8. The van der Waals surface area contributed by atoms with Crippen LogP contribution in [-0.4, -0.2) is 44.4 Å². The van der Waals surface area contributed by atoms with Gasteiger partial charge < -0.3 is 5.32 Å². The molecule has 1 atom stereocenters. The van der Waals surface area contributed by atoms with Crippen molar-refractivity contribution >= 4 is 27.3 Å². The number of aromatic nitrogens is 2. The van der Waals surface area contributed by atoms with Crippen LogP contribution in [0.1, 0.15) is 18.2 Å². The Labute approximate surface area is 158 Å². The lowest BCUT2D eigenvalue weighted by Gasteiger charge is -2.18. The molecule has 0 radical (unpaired) electrons. The summed E-state index contributed by atoms with van der Waals surface area (Å²) < 4.78 is 64.5. The van der Waals surface area contributed by atoms with Gasteiger partial charge in [0.15, 0.2) is 11.5 Å². The molecule has 2 rings (SSSR count). The third-order valence-electron chi connectivity index (χ3n) is 3.50. The Kier molecular flexibility index (Phi) is 6.58. The molecule has 0 bridgehead atoms. The highest BCUT2D eigenvalue weighted by molar-refractivity contribution is 7.90. The van der Waals surface area contributed by atoms with E-state index in [1.807, 2.05) is 0 Å². The zero-order valence-electron chi connectivity index (χ0n) is 14.6. The van der Waals surface area contributed by atoms with Crippen LogP contribution < -0.4 is 15.1 Å². The van der Waals surface area contributed by atoms with Crippen molar-refractivity contribution in [1.82, 2.24) is 15.0 Å². The van der Waals surface area contributed by atoms with Gasteiger partial charge in [-0.3, -0.25) is 10.6 Å². The fourth-order valence-corrected chi connectivity index (χ4v) is 2.64. The molecule has 1 unspecified atom stereocenters. The molecule has 0 spiro atoms. The monoisotopic (exact) mass is 421 g/mol. The molecule has 0 aliphatic carbocycles. The fourth-order valence-electron chi connectivity index (χ4n) is 2.00. The molecule has 5 N–H and O–H groups in total. The molecule has 154 valence electrons. The van der Waals surface area contributed by atoms with Gasteiger partial charge in [0, 0.05) is 18.8 Å². The van der Waals surface area contributed by atoms with Crippen molar-refractivity contribution in [3.8, 4) is 0 Å². The number of nitrogens with one attached hydrogen (secondary N) is 4. The molecule has 0 saturated carbocycles. The zero-order valence-corrected chi connectivity index (χ0v) is 15.4. The number of anilines is 2. The molecule has 0 aliphatic heterocycles. The first kappa shape index (κ1) is 21.6. The number of halogens is 3. The van der Waals surface area contributed by atoms with E-state index in [9.17, 15) is 22.6 Å². The second kappa shape index (κ2) is 8.53. The second-order valence-electron chi connectivity index (χ2n) is 5.45. The van der Waals surface area contributed by atoms with Gasteiger partial charge in [0.25, 0.3) is 0 Å². The van der Waals surface area contributed by atoms with E-state index < -0.39 is 27.5 Å². The summed E-state index contributed by atoms with van der Waals surface area (Å²) in [6.07, 6.45) is -4.61. The van der Waals surface area contributed by atoms with Crippen LogP contribution in [0.25, 0.3) is 0 Å². The molecule has 0 aliphatic rings. The standard InChI is InChI=1S/C14H18F3N7O3S/c1-2-28(19,26)21-7-6-20-13-11(22-27-23-13)12(18)24(25)10-5-3-4-9(8-10)14(15,16)17/h3-5,8,18,25H,2,6-7H2,1H3,(H,20,23)(H2,19,21,26).